The van der Waals surface area contributed by atoms with Crippen molar-refractivity contribution < 1.29 is 4.79 Å². The monoisotopic (exact) mass is 262 g/mol. The Morgan fingerprint density at radius 1 is 1.42 bits per heavy atom. The minimum absolute atomic E-state index is 0.0377. The van der Waals surface area contributed by atoms with E-state index >= 15 is 0 Å². The zero-order chi connectivity index (χ0) is 13.4. The van der Waals surface area contributed by atoms with Crippen molar-refractivity contribution in [2.45, 2.75) is 50.2 Å². The molecule has 0 aliphatic carbocycles. The number of nitrogens with two attached hydrogens (primary N) is 1. The molecular formula is C14H22N4O. The van der Waals surface area contributed by atoms with E-state index in [-0.39, 0.29) is 5.91 Å². The number of H-pyrrole nitrogens is 1. The molecule has 1 amide bonds. The maximum atomic E-state index is 12.1. The topological polar surface area (TPSA) is 74.2 Å². The van der Waals surface area contributed by atoms with Gasteiger partial charge in [-0.3, -0.25) is 4.79 Å². The number of nitrogens with one attached hydrogen (secondary N) is 2. The average Bonchev–Trinajstić information content (AvgIpc) is 2.77. The quantitative estimate of drug-likeness (QED) is 0.753. The zero-order valence-electron chi connectivity index (χ0n) is 11.4. The van der Waals surface area contributed by atoms with Crippen LogP contribution in [-0.2, 0) is 0 Å². The molecule has 3 heterocycles. The first-order chi connectivity index (χ1) is 9.13. The molecule has 104 valence electrons. The van der Waals surface area contributed by atoms with Crippen molar-refractivity contribution in [3.8, 4) is 0 Å². The van der Waals surface area contributed by atoms with E-state index in [0.29, 0.717) is 29.5 Å². The fourth-order valence-electron chi connectivity index (χ4n) is 3.54. The molecule has 2 fully saturated rings. The Bertz CT molecular complexity index is 456. The molecule has 2 aliphatic rings. The van der Waals surface area contributed by atoms with Crippen LogP contribution in [-0.4, -0.2) is 41.0 Å². The van der Waals surface area contributed by atoms with Gasteiger partial charge in [-0.25, -0.2) is 0 Å². The summed E-state index contributed by atoms with van der Waals surface area (Å²) in [5, 5.41) is 3.15. The molecule has 2 aliphatic heterocycles. The lowest BCUT2D eigenvalue weighted by molar-refractivity contribution is 0.0462. The molecule has 5 nitrogen and oxygen atoms in total. The first-order valence-corrected chi connectivity index (χ1v) is 7.10. The molecule has 0 saturated carbocycles. The van der Waals surface area contributed by atoms with Crippen molar-refractivity contribution in [2.75, 3.05) is 12.8 Å². The van der Waals surface area contributed by atoms with Gasteiger partial charge in [0.05, 0.1) is 0 Å². The van der Waals surface area contributed by atoms with Gasteiger partial charge >= 0.3 is 0 Å². The normalized spacial score (nSPS) is 31.1. The number of amides is 1. The second kappa shape index (κ2) is 4.89. The van der Waals surface area contributed by atoms with Crippen LogP contribution in [0.2, 0.25) is 0 Å². The van der Waals surface area contributed by atoms with Gasteiger partial charge in [-0.1, -0.05) is 6.42 Å². The summed E-state index contributed by atoms with van der Waals surface area (Å²) in [5.74, 6) is -0.0377. The van der Waals surface area contributed by atoms with Crippen molar-refractivity contribution in [2.24, 2.45) is 0 Å². The van der Waals surface area contributed by atoms with E-state index in [2.05, 4.69) is 22.2 Å². The van der Waals surface area contributed by atoms with Gasteiger partial charge in [-0.15, -0.1) is 0 Å². The van der Waals surface area contributed by atoms with Crippen LogP contribution in [0.5, 0.6) is 0 Å². The third-order valence-electron chi connectivity index (χ3n) is 4.63. The van der Waals surface area contributed by atoms with Gasteiger partial charge < -0.3 is 20.9 Å². The SMILES string of the molecule is CN1C2CCCC1CC(NC(=O)c1cc(N)c[nH]1)C2. The highest BCUT2D eigenvalue weighted by Gasteiger charge is 2.36. The Morgan fingerprint density at radius 3 is 2.68 bits per heavy atom. The third-order valence-corrected chi connectivity index (χ3v) is 4.63. The molecule has 5 heteroatoms. The number of piperidine rings is 2. The van der Waals surface area contributed by atoms with E-state index in [0.717, 1.165) is 12.8 Å². The minimum Gasteiger partial charge on any atom is -0.397 e. The summed E-state index contributed by atoms with van der Waals surface area (Å²) in [4.78, 5) is 17.5. The molecular weight excluding hydrogens is 240 g/mol. The van der Waals surface area contributed by atoms with Crippen molar-refractivity contribution in [1.82, 2.24) is 15.2 Å². The van der Waals surface area contributed by atoms with Crippen LogP contribution < -0.4 is 11.1 Å². The van der Waals surface area contributed by atoms with Crippen LogP contribution in [0.1, 0.15) is 42.6 Å². The highest BCUT2D eigenvalue weighted by atomic mass is 16.1. The molecule has 19 heavy (non-hydrogen) atoms. The molecule has 0 aromatic carbocycles. The Balaban J connectivity index is 1.63. The van der Waals surface area contributed by atoms with Crippen LogP contribution in [0, 0.1) is 0 Å². The Labute approximate surface area is 113 Å². The second-order valence-electron chi connectivity index (χ2n) is 5.89. The van der Waals surface area contributed by atoms with Crippen LogP contribution >= 0.6 is 0 Å². The Hall–Kier alpha value is -1.49. The van der Waals surface area contributed by atoms with Crippen molar-refractivity contribution in [3.05, 3.63) is 18.0 Å². The predicted molar refractivity (Wildman–Crippen MR) is 74.9 cm³/mol. The molecule has 2 unspecified atom stereocenters. The number of fused-ring (bicyclic) bond motifs is 2. The van der Waals surface area contributed by atoms with Crippen molar-refractivity contribution in [1.29, 1.82) is 0 Å². The number of carbonyl (C=O) groups excluding carboxylic acids is 1. The van der Waals surface area contributed by atoms with E-state index in [1.807, 2.05) is 0 Å². The summed E-state index contributed by atoms with van der Waals surface area (Å²) in [6, 6.07) is 3.24. The number of nitrogens with zero attached hydrogens (tertiary/aromatic N) is 1. The minimum atomic E-state index is -0.0377. The maximum Gasteiger partial charge on any atom is 0.267 e. The molecule has 0 radical (unpaired) electrons. The summed E-state index contributed by atoms with van der Waals surface area (Å²) >= 11 is 0. The standard InChI is InChI=1S/C14H22N4O/c1-18-11-3-2-4-12(18)7-10(6-11)17-14(19)13-5-9(15)8-16-13/h5,8,10-12,16H,2-4,6-7,15H2,1H3,(H,17,19). The van der Waals surface area contributed by atoms with Gasteiger partial charge in [0.15, 0.2) is 0 Å². The highest BCUT2D eigenvalue weighted by Crippen LogP contribution is 2.32. The molecule has 1 aromatic heterocycles. The first kappa shape index (κ1) is 12.5. The maximum absolute atomic E-state index is 12.1. The van der Waals surface area contributed by atoms with Gasteiger partial charge in [-0.2, -0.15) is 0 Å². The average molecular weight is 262 g/mol. The van der Waals surface area contributed by atoms with Gasteiger partial charge in [0.1, 0.15) is 5.69 Å². The Morgan fingerprint density at radius 2 is 2.11 bits per heavy atom. The van der Waals surface area contributed by atoms with E-state index in [9.17, 15) is 4.79 Å². The number of aromatic nitrogens is 1. The number of aromatic amines is 1. The Kier molecular flexibility index (Phi) is 3.22. The lowest BCUT2D eigenvalue weighted by atomic mass is 9.82. The first-order valence-electron chi connectivity index (χ1n) is 7.10. The molecule has 4 N–H and O–H groups in total. The van der Waals surface area contributed by atoms with Crippen LogP contribution in [0.3, 0.4) is 0 Å². The summed E-state index contributed by atoms with van der Waals surface area (Å²) in [7, 11) is 2.22. The van der Waals surface area contributed by atoms with E-state index in [1.54, 1.807) is 12.3 Å². The van der Waals surface area contributed by atoms with Gasteiger partial charge in [0.25, 0.3) is 5.91 Å². The van der Waals surface area contributed by atoms with E-state index in [1.165, 1.54) is 19.3 Å². The van der Waals surface area contributed by atoms with Crippen LogP contribution in [0.15, 0.2) is 12.3 Å². The number of hydrogen-bond acceptors (Lipinski definition) is 3. The molecule has 3 rings (SSSR count). The zero-order valence-corrected chi connectivity index (χ0v) is 11.4. The largest absolute Gasteiger partial charge is 0.397 e. The summed E-state index contributed by atoms with van der Waals surface area (Å²) in [6.07, 6.45) is 7.62. The van der Waals surface area contributed by atoms with E-state index in [4.69, 9.17) is 5.73 Å². The summed E-state index contributed by atoms with van der Waals surface area (Å²) in [5.41, 5.74) is 6.78. The summed E-state index contributed by atoms with van der Waals surface area (Å²) in [6.45, 7) is 0. The second-order valence-corrected chi connectivity index (χ2v) is 5.89. The third kappa shape index (κ3) is 2.47. The van der Waals surface area contributed by atoms with Gasteiger partial charge in [-0.05, 0) is 38.8 Å². The van der Waals surface area contributed by atoms with Gasteiger partial charge in [0.2, 0.25) is 0 Å². The lowest BCUT2D eigenvalue weighted by Gasteiger charge is -2.47. The van der Waals surface area contributed by atoms with Gasteiger partial charge in [0, 0.05) is 30.0 Å². The molecule has 2 bridgehead atoms. The lowest BCUT2D eigenvalue weighted by Crippen LogP contribution is -2.55. The molecule has 1 aromatic rings. The number of hydrogen-bond donors (Lipinski definition) is 3. The fourth-order valence-corrected chi connectivity index (χ4v) is 3.54. The van der Waals surface area contributed by atoms with Crippen LogP contribution in [0.25, 0.3) is 0 Å². The molecule has 0 spiro atoms. The van der Waals surface area contributed by atoms with Crippen molar-refractivity contribution in [3.63, 3.8) is 0 Å². The number of anilines is 1. The smallest absolute Gasteiger partial charge is 0.267 e. The van der Waals surface area contributed by atoms with Crippen molar-refractivity contribution >= 4 is 11.6 Å². The number of nitrogen functional groups attached to an aromatic ring is 1. The fraction of sp³-hybridized carbons (Fsp3) is 0.643. The number of carbonyl (C=O) groups is 1. The predicted octanol–water partition coefficient (Wildman–Crippen LogP) is 1.34. The molecule has 2 atom stereocenters. The molecule has 2 saturated heterocycles. The van der Waals surface area contributed by atoms with E-state index < -0.39 is 0 Å². The summed E-state index contributed by atoms with van der Waals surface area (Å²) < 4.78 is 0. The highest BCUT2D eigenvalue weighted by molar-refractivity contribution is 5.93. The van der Waals surface area contributed by atoms with Crippen LogP contribution in [0.4, 0.5) is 5.69 Å². The number of rotatable bonds is 2.